The van der Waals surface area contributed by atoms with Crippen LogP contribution in [0.3, 0.4) is 0 Å². The molecule has 1 heterocycles. The minimum atomic E-state index is -0.336. The van der Waals surface area contributed by atoms with Crippen LogP contribution in [-0.4, -0.2) is 32.1 Å². The van der Waals surface area contributed by atoms with Crippen molar-refractivity contribution in [3.63, 3.8) is 0 Å². The Morgan fingerprint density at radius 2 is 1.65 bits per heavy atom. The van der Waals surface area contributed by atoms with E-state index in [1.165, 1.54) is 0 Å². The molecule has 0 spiro atoms. The van der Waals surface area contributed by atoms with Crippen LogP contribution in [0.25, 0.3) is 0 Å². The second-order valence-corrected chi connectivity index (χ2v) is 6.93. The first-order chi connectivity index (χ1) is 15.1. The molecule has 1 aliphatic heterocycles. The molecule has 7 nitrogen and oxygen atoms in total. The fourth-order valence-electron chi connectivity index (χ4n) is 3.23. The maximum absolute atomic E-state index is 12.9. The summed E-state index contributed by atoms with van der Waals surface area (Å²) in [5.74, 6) is 1.41. The van der Waals surface area contributed by atoms with Crippen LogP contribution >= 0.6 is 0 Å². The van der Waals surface area contributed by atoms with Crippen LogP contribution in [0.15, 0.2) is 66.7 Å². The maximum Gasteiger partial charge on any atom is 0.257 e. The van der Waals surface area contributed by atoms with Crippen molar-refractivity contribution in [1.29, 1.82) is 0 Å². The van der Waals surface area contributed by atoms with Gasteiger partial charge in [0, 0.05) is 11.8 Å². The lowest BCUT2D eigenvalue weighted by Crippen LogP contribution is -2.20. The fraction of sp³-hybridized carbons (Fsp3) is 0.167. The Kier molecular flexibility index (Phi) is 6.03. The van der Waals surface area contributed by atoms with Crippen molar-refractivity contribution in [3.05, 3.63) is 77.9 Å². The van der Waals surface area contributed by atoms with E-state index in [4.69, 9.17) is 14.2 Å². The molecule has 0 aromatic heterocycles. The van der Waals surface area contributed by atoms with Gasteiger partial charge < -0.3 is 24.8 Å². The average Bonchev–Trinajstić information content (AvgIpc) is 2.80. The zero-order valence-corrected chi connectivity index (χ0v) is 17.0. The lowest BCUT2D eigenvalue weighted by molar-refractivity contribution is -0.115. The van der Waals surface area contributed by atoms with Gasteiger partial charge in [-0.15, -0.1) is 0 Å². The predicted molar refractivity (Wildman–Crippen MR) is 117 cm³/mol. The summed E-state index contributed by atoms with van der Waals surface area (Å²) in [5, 5.41) is 5.67. The number of carbonyl (C=O) groups excluding carboxylic acids is 2. The Balaban J connectivity index is 1.44. The second kappa shape index (κ2) is 9.21. The van der Waals surface area contributed by atoms with Gasteiger partial charge in [-0.05, 0) is 42.0 Å². The Morgan fingerprint density at radius 3 is 2.42 bits per heavy atom. The summed E-state index contributed by atoms with van der Waals surface area (Å²) < 4.78 is 16.2. The Hall–Kier alpha value is -4.00. The van der Waals surface area contributed by atoms with Crippen LogP contribution in [0.5, 0.6) is 17.2 Å². The molecule has 4 rings (SSSR count). The van der Waals surface area contributed by atoms with Crippen LogP contribution in [0.4, 0.5) is 11.4 Å². The molecular formula is C24H22N2O5. The summed E-state index contributed by atoms with van der Waals surface area (Å²) in [6.45, 7) is 0.968. The first kappa shape index (κ1) is 20.3. The van der Waals surface area contributed by atoms with Gasteiger partial charge in [0.15, 0.2) is 11.5 Å². The van der Waals surface area contributed by atoms with Gasteiger partial charge in [0.1, 0.15) is 19.0 Å². The molecule has 158 valence electrons. The van der Waals surface area contributed by atoms with Gasteiger partial charge in [-0.25, -0.2) is 0 Å². The van der Waals surface area contributed by atoms with Crippen LogP contribution in [0, 0.1) is 0 Å². The summed E-state index contributed by atoms with van der Waals surface area (Å²) in [6.07, 6.45) is 0.183. The number of amides is 2. The highest BCUT2D eigenvalue weighted by Crippen LogP contribution is 2.33. The first-order valence-corrected chi connectivity index (χ1v) is 9.85. The topological polar surface area (TPSA) is 85.9 Å². The quantitative estimate of drug-likeness (QED) is 0.634. The zero-order valence-electron chi connectivity index (χ0n) is 17.0. The third-order valence-electron chi connectivity index (χ3n) is 4.77. The highest BCUT2D eigenvalue weighted by molar-refractivity contribution is 6.10. The van der Waals surface area contributed by atoms with E-state index in [2.05, 4.69) is 10.6 Å². The van der Waals surface area contributed by atoms with Crippen molar-refractivity contribution >= 4 is 23.2 Å². The summed E-state index contributed by atoms with van der Waals surface area (Å²) >= 11 is 0. The zero-order chi connectivity index (χ0) is 21.6. The van der Waals surface area contributed by atoms with E-state index < -0.39 is 0 Å². The third kappa shape index (κ3) is 4.95. The standard InChI is InChI=1S/C24H22N2O5/c1-29-18-9-6-16(7-10-18)14-23(27)26-20-5-3-2-4-19(20)24(28)25-17-8-11-21-22(15-17)31-13-12-30-21/h2-11,15H,12-14H2,1H3,(H,25,28)(H,26,27). The van der Waals surface area contributed by atoms with E-state index in [-0.39, 0.29) is 18.2 Å². The third-order valence-corrected chi connectivity index (χ3v) is 4.77. The number of methoxy groups -OCH3 is 1. The molecule has 3 aromatic carbocycles. The van der Waals surface area contributed by atoms with Gasteiger partial charge >= 0.3 is 0 Å². The minimum Gasteiger partial charge on any atom is -0.497 e. The van der Waals surface area contributed by atoms with E-state index in [0.29, 0.717) is 41.7 Å². The SMILES string of the molecule is COc1ccc(CC(=O)Nc2ccccc2C(=O)Nc2ccc3c(c2)OCCO3)cc1. The molecule has 0 radical (unpaired) electrons. The number of anilines is 2. The number of benzene rings is 3. The van der Waals surface area contributed by atoms with Gasteiger partial charge in [0.2, 0.25) is 5.91 Å². The van der Waals surface area contributed by atoms with Crippen molar-refractivity contribution in [1.82, 2.24) is 0 Å². The molecule has 0 saturated carbocycles. The van der Waals surface area contributed by atoms with E-state index in [9.17, 15) is 9.59 Å². The van der Waals surface area contributed by atoms with Crippen molar-refractivity contribution in [2.24, 2.45) is 0 Å². The minimum absolute atomic E-state index is 0.183. The van der Waals surface area contributed by atoms with E-state index >= 15 is 0 Å². The van der Waals surface area contributed by atoms with Gasteiger partial charge in [-0.3, -0.25) is 9.59 Å². The summed E-state index contributed by atoms with van der Waals surface area (Å²) in [5.41, 5.74) is 2.22. The number of ether oxygens (including phenoxy) is 3. The van der Waals surface area contributed by atoms with Gasteiger partial charge in [-0.2, -0.15) is 0 Å². The summed E-state index contributed by atoms with van der Waals surface area (Å²) in [4.78, 5) is 25.4. The highest BCUT2D eigenvalue weighted by Gasteiger charge is 2.16. The van der Waals surface area contributed by atoms with Crippen LogP contribution in [-0.2, 0) is 11.2 Å². The second-order valence-electron chi connectivity index (χ2n) is 6.93. The smallest absolute Gasteiger partial charge is 0.257 e. The summed E-state index contributed by atoms with van der Waals surface area (Å²) in [6, 6.07) is 19.4. The Morgan fingerprint density at radius 1 is 0.903 bits per heavy atom. The van der Waals surface area contributed by atoms with Gasteiger partial charge in [-0.1, -0.05) is 24.3 Å². The molecule has 0 bridgehead atoms. The lowest BCUT2D eigenvalue weighted by atomic mass is 10.1. The van der Waals surface area contributed by atoms with Crippen LogP contribution < -0.4 is 24.8 Å². The molecular weight excluding hydrogens is 396 g/mol. The van der Waals surface area contributed by atoms with Crippen molar-refractivity contribution in [2.75, 3.05) is 31.0 Å². The number of rotatable bonds is 6. The number of carbonyl (C=O) groups is 2. The number of para-hydroxylation sites is 1. The largest absolute Gasteiger partial charge is 0.497 e. The molecule has 2 amide bonds. The molecule has 0 saturated heterocycles. The molecule has 3 aromatic rings. The van der Waals surface area contributed by atoms with Gasteiger partial charge in [0.25, 0.3) is 5.91 Å². The number of nitrogens with one attached hydrogen (secondary N) is 2. The lowest BCUT2D eigenvalue weighted by Gasteiger charge is -2.19. The molecule has 0 aliphatic carbocycles. The average molecular weight is 418 g/mol. The fourth-order valence-corrected chi connectivity index (χ4v) is 3.23. The number of hydrogen-bond donors (Lipinski definition) is 2. The summed E-state index contributed by atoms with van der Waals surface area (Å²) in [7, 11) is 1.59. The van der Waals surface area contributed by atoms with E-state index in [1.54, 1.807) is 61.7 Å². The van der Waals surface area contributed by atoms with Crippen LogP contribution in [0.2, 0.25) is 0 Å². The molecule has 0 atom stereocenters. The molecule has 0 fully saturated rings. The molecule has 2 N–H and O–H groups in total. The molecule has 31 heavy (non-hydrogen) atoms. The predicted octanol–water partition coefficient (Wildman–Crippen LogP) is 3.90. The monoisotopic (exact) mass is 418 g/mol. The Bertz CT molecular complexity index is 1100. The number of hydrogen-bond acceptors (Lipinski definition) is 5. The van der Waals surface area contributed by atoms with Crippen molar-refractivity contribution in [3.8, 4) is 17.2 Å². The number of fused-ring (bicyclic) bond motifs is 1. The molecule has 7 heteroatoms. The molecule has 0 unspecified atom stereocenters. The molecule has 1 aliphatic rings. The van der Waals surface area contributed by atoms with E-state index in [0.717, 1.165) is 11.3 Å². The highest BCUT2D eigenvalue weighted by atomic mass is 16.6. The van der Waals surface area contributed by atoms with E-state index in [1.807, 2.05) is 12.1 Å². The normalized spacial score (nSPS) is 12.0. The van der Waals surface area contributed by atoms with Crippen molar-refractivity contribution < 1.29 is 23.8 Å². The van der Waals surface area contributed by atoms with Gasteiger partial charge in [0.05, 0.1) is 24.8 Å². The Labute approximate surface area is 179 Å². The van der Waals surface area contributed by atoms with Crippen LogP contribution in [0.1, 0.15) is 15.9 Å². The maximum atomic E-state index is 12.9. The van der Waals surface area contributed by atoms with Crippen molar-refractivity contribution in [2.45, 2.75) is 6.42 Å². The first-order valence-electron chi connectivity index (χ1n) is 9.85.